The van der Waals surface area contributed by atoms with Crippen molar-refractivity contribution in [1.29, 1.82) is 0 Å². The van der Waals surface area contributed by atoms with Crippen molar-refractivity contribution in [3.8, 4) is 0 Å². The summed E-state index contributed by atoms with van der Waals surface area (Å²) in [6.45, 7) is 1.72. The minimum atomic E-state index is -1.84. The van der Waals surface area contributed by atoms with E-state index >= 15 is 0 Å². The number of rotatable bonds is 5. The number of hydrogen-bond donors (Lipinski definition) is 3. The Bertz CT molecular complexity index is 475. The number of carbonyl (C=O) groups is 2. The molecule has 1 heterocycles. The van der Waals surface area contributed by atoms with Crippen molar-refractivity contribution in [1.82, 2.24) is 4.98 Å². The Morgan fingerprint density at radius 3 is 2.63 bits per heavy atom. The molecule has 0 radical (unpaired) electrons. The average molecular weight is 290 g/mol. The van der Waals surface area contributed by atoms with Crippen LogP contribution in [-0.2, 0) is 14.3 Å². The molecule has 106 valence electrons. The molecule has 9 heteroatoms. The number of nitrogens with two attached hydrogens (primary N) is 1. The van der Waals surface area contributed by atoms with Gasteiger partial charge < -0.3 is 25.4 Å². The van der Waals surface area contributed by atoms with E-state index in [9.17, 15) is 19.8 Å². The third-order valence-electron chi connectivity index (χ3n) is 2.15. The molecule has 0 spiro atoms. The van der Waals surface area contributed by atoms with Crippen LogP contribution in [0.5, 0.6) is 0 Å². The third-order valence-corrected chi connectivity index (χ3v) is 3.10. The van der Waals surface area contributed by atoms with E-state index < -0.39 is 24.1 Å². The molecule has 4 N–H and O–H groups in total. The van der Waals surface area contributed by atoms with E-state index in [4.69, 9.17) is 10.5 Å². The smallest absolute Gasteiger partial charge is 0.358 e. The maximum atomic E-state index is 11.6. The van der Waals surface area contributed by atoms with Crippen LogP contribution < -0.4 is 5.73 Å². The number of esters is 2. The van der Waals surface area contributed by atoms with Gasteiger partial charge in [-0.3, -0.25) is 0 Å². The molecular weight excluding hydrogens is 276 g/mol. The van der Waals surface area contributed by atoms with Gasteiger partial charge in [-0.15, -0.1) is 0 Å². The number of aromatic nitrogens is 1. The fourth-order valence-corrected chi connectivity index (χ4v) is 2.13. The van der Waals surface area contributed by atoms with Crippen LogP contribution in [0, 0.1) is 0 Å². The lowest BCUT2D eigenvalue weighted by Crippen LogP contribution is -2.29. The second-order valence-electron chi connectivity index (χ2n) is 3.40. The largest absolute Gasteiger partial charge is 0.467 e. The number of aliphatic hydroxyl groups excluding tert-OH is 2. The number of thiazole rings is 1. The molecule has 0 aliphatic rings. The van der Waals surface area contributed by atoms with Crippen LogP contribution >= 0.6 is 11.3 Å². The first-order chi connectivity index (χ1) is 8.92. The number of ether oxygens (including phenoxy) is 2. The summed E-state index contributed by atoms with van der Waals surface area (Å²) >= 11 is 0.781. The van der Waals surface area contributed by atoms with Gasteiger partial charge in [0, 0.05) is 0 Å². The summed E-state index contributed by atoms with van der Waals surface area (Å²) in [6.07, 6.45) is -3.50. The van der Waals surface area contributed by atoms with E-state index in [2.05, 4.69) is 9.72 Å². The molecule has 0 saturated heterocycles. The summed E-state index contributed by atoms with van der Waals surface area (Å²) in [6, 6.07) is 0. The lowest BCUT2D eigenvalue weighted by Gasteiger charge is -2.14. The van der Waals surface area contributed by atoms with Crippen molar-refractivity contribution >= 4 is 28.4 Å². The zero-order valence-electron chi connectivity index (χ0n) is 10.3. The summed E-state index contributed by atoms with van der Waals surface area (Å²) in [5, 5.41) is 19.4. The highest BCUT2D eigenvalue weighted by Gasteiger charge is 2.33. The molecule has 0 aliphatic heterocycles. The Morgan fingerprint density at radius 2 is 2.11 bits per heavy atom. The number of methoxy groups -OCH3 is 1. The standard InChI is InChI=1S/C10H14N2O6S/c1-3-18-8(15)4-7(19-10(11)12-4)5(13)6(14)9(16)17-2/h5-6,13-14H,3H2,1-2H3,(H2,11,12). The number of nitrogens with zero attached hydrogens (tertiary/aromatic N) is 1. The first-order valence-corrected chi connectivity index (χ1v) is 6.11. The number of anilines is 1. The molecule has 0 amide bonds. The molecular formula is C10H14N2O6S. The summed E-state index contributed by atoms with van der Waals surface area (Å²) in [4.78, 5) is 26.4. The molecule has 2 unspecified atom stereocenters. The quantitative estimate of drug-likeness (QED) is 0.616. The number of carbonyl (C=O) groups excluding carboxylic acids is 2. The molecule has 0 saturated carbocycles. The maximum absolute atomic E-state index is 11.6. The van der Waals surface area contributed by atoms with E-state index in [1.54, 1.807) is 6.92 Å². The molecule has 0 aromatic carbocycles. The highest BCUT2D eigenvalue weighted by Crippen LogP contribution is 2.30. The molecule has 8 nitrogen and oxygen atoms in total. The zero-order valence-corrected chi connectivity index (χ0v) is 11.1. The Balaban J connectivity index is 3.06. The predicted molar refractivity (Wildman–Crippen MR) is 65.5 cm³/mol. The predicted octanol–water partition coefficient (Wildman–Crippen LogP) is -0.531. The van der Waals surface area contributed by atoms with Crippen molar-refractivity contribution in [2.75, 3.05) is 19.5 Å². The van der Waals surface area contributed by atoms with Gasteiger partial charge in [0.15, 0.2) is 16.9 Å². The minimum Gasteiger partial charge on any atom is -0.467 e. The molecule has 1 rings (SSSR count). The van der Waals surface area contributed by atoms with Crippen LogP contribution in [0.2, 0.25) is 0 Å². The fourth-order valence-electron chi connectivity index (χ4n) is 1.29. The van der Waals surface area contributed by atoms with Crippen LogP contribution in [0.3, 0.4) is 0 Å². The maximum Gasteiger partial charge on any atom is 0.358 e. The molecule has 2 atom stereocenters. The van der Waals surface area contributed by atoms with E-state index in [1.165, 1.54) is 0 Å². The van der Waals surface area contributed by atoms with Crippen LogP contribution in [-0.4, -0.2) is 47.0 Å². The van der Waals surface area contributed by atoms with Gasteiger partial charge in [0.2, 0.25) is 0 Å². The van der Waals surface area contributed by atoms with Crippen LogP contribution in [0.4, 0.5) is 5.13 Å². The molecule has 19 heavy (non-hydrogen) atoms. The first kappa shape index (κ1) is 15.3. The van der Waals surface area contributed by atoms with Crippen molar-refractivity contribution in [3.63, 3.8) is 0 Å². The van der Waals surface area contributed by atoms with Crippen LogP contribution in [0.1, 0.15) is 28.4 Å². The van der Waals surface area contributed by atoms with Gasteiger partial charge >= 0.3 is 11.9 Å². The van der Waals surface area contributed by atoms with Gasteiger partial charge in [0.25, 0.3) is 0 Å². The summed E-state index contributed by atoms with van der Waals surface area (Å²) in [7, 11) is 1.06. The van der Waals surface area contributed by atoms with Gasteiger partial charge in [0.05, 0.1) is 18.6 Å². The van der Waals surface area contributed by atoms with Gasteiger partial charge in [-0.05, 0) is 6.92 Å². The molecule has 1 aromatic heterocycles. The summed E-state index contributed by atoms with van der Waals surface area (Å²) in [5.41, 5.74) is 5.23. The number of aliphatic hydroxyl groups is 2. The van der Waals surface area contributed by atoms with Crippen molar-refractivity contribution in [2.45, 2.75) is 19.1 Å². The Morgan fingerprint density at radius 1 is 1.47 bits per heavy atom. The molecule has 0 aliphatic carbocycles. The first-order valence-electron chi connectivity index (χ1n) is 5.29. The van der Waals surface area contributed by atoms with Gasteiger partial charge in [-0.2, -0.15) is 0 Å². The van der Waals surface area contributed by atoms with Crippen molar-refractivity contribution in [2.24, 2.45) is 0 Å². The molecule has 0 fully saturated rings. The van der Waals surface area contributed by atoms with Crippen LogP contribution in [0.15, 0.2) is 0 Å². The highest BCUT2D eigenvalue weighted by atomic mass is 32.1. The second kappa shape index (κ2) is 6.45. The van der Waals surface area contributed by atoms with E-state index in [-0.39, 0.29) is 22.3 Å². The van der Waals surface area contributed by atoms with Gasteiger partial charge in [-0.1, -0.05) is 11.3 Å². The topological polar surface area (TPSA) is 132 Å². The fraction of sp³-hybridized carbons (Fsp3) is 0.500. The van der Waals surface area contributed by atoms with Crippen LogP contribution in [0.25, 0.3) is 0 Å². The third kappa shape index (κ3) is 3.40. The summed E-state index contributed by atoms with van der Waals surface area (Å²) in [5.74, 6) is -1.82. The van der Waals surface area contributed by atoms with E-state index in [0.717, 1.165) is 18.4 Å². The number of hydrogen-bond acceptors (Lipinski definition) is 9. The van der Waals surface area contributed by atoms with E-state index in [1.807, 2.05) is 0 Å². The SMILES string of the molecule is CCOC(=O)c1nc(N)sc1C(O)C(O)C(=O)OC. The number of nitrogen functional groups attached to an aromatic ring is 1. The van der Waals surface area contributed by atoms with Gasteiger partial charge in [0.1, 0.15) is 6.10 Å². The lowest BCUT2D eigenvalue weighted by molar-refractivity contribution is -0.156. The Kier molecular flexibility index (Phi) is 5.21. The van der Waals surface area contributed by atoms with Crippen molar-refractivity contribution < 1.29 is 29.3 Å². The summed E-state index contributed by atoms with van der Waals surface area (Å²) < 4.78 is 9.04. The average Bonchev–Trinajstić information content (AvgIpc) is 2.78. The van der Waals surface area contributed by atoms with Gasteiger partial charge in [-0.25, -0.2) is 14.6 Å². The normalized spacial score (nSPS) is 13.7. The highest BCUT2D eigenvalue weighted by molar-refractivity contribution is 7.15. The Hall–Kier alpha value is -1.71. The molecule has 1 aromatic rings. The zero-order chi connectivity index (χ0) is 14.6. The Labute approximate surface area is 112 Å². The van der Waals surface area contributed by atoms with E-state index in [0.29, 0.717) is 0 Å². The lowest BCUT2D eigenvalue weighted by atomic mass is 10.1. The minimum absolute atomic E-state index is 0.00849. The second-order valence-corrected chi connectivity index (χ2v) is 4.46. The van der Waals surface area contributed by atoms with Crippen molar-refractivity contribution in [3.05, 3.63) is 10.6 Å². The monoisotopic (exact) mass is 290 g/mol. The molecule has 0 bridgehead atoms.